The first-order chi connectivity index (χ1) is 11.0. The Hall–Kier alpha value is -1.50. The van der Waals surface area contributed by atoms with Crippen molar-refractivity contribution >= 4 is 5.91 Å². The lowest BCUT2D eigenvalue weighted by Gasteiger charge is -2.36. The molecule has 1 amide bonds. The minimum atomic E-state index is -0.914. The Morgan fingerprint density at radius 1 is 1.26 bits per heavy atom. The number of benzene rings is 1. The second-order valence-corrected chi connectivity index (χ2v) is 6.21. The summed E-state index contributed by atoms with van der Waals surface area (Å²) in [4.78, 5) is 18.0. The van der Waals surface area contributed by atoms with E-state index >= 15 is 0 Å². The van der Waals surface area contributed by atoms with Crippen LogP contribution in [0, 0.1) is 5.82 Å². The predicted molar refractivity (Wildman–Crippen MR) is 87.4 cm³/mol. The number of aliphatic hydroxyl groups excluding tert-OH is 1. The fraction of sp³-hybridized carbons (Fsp3) is 0.588. The summed E-state index contributed by atoms with van der Waals surface area (Å²) in [6, 6.07) is 6.60. The van der Waals surface area contributed by atoms with Crippen molar-refractivity contribution in [3.63, 3.8) is 0 Å². The van der Waals surface area contributed by atoms with Gasteiger partial charge in [-0.05, 0) is 31.7 Å². The first-order valence-electron chi connectivity index (χ1n) is 8.08. The van der Waals surface area contributed by atoms with Crippen molar-refractivity contribution in [2.75, 3.05) is 46.3 Å². The SMILES string of the molecule is C[C@H](O)C(=O)N1CCN(CCN(C)Cc2ccc(F)cc2)CC1. The molecule has 1 atom stereocenters. The summed E-state index contributed by atoms with van der Waals surface area (Å²) >= 11 is 0. The lowest BCUT2D eigenvalue weighted by Crippen LogP contribution is -2.52. The molecular formula is C17H26FN3O2. The highest BCUT2D eigenvalue weighted by molar-refractivity contribution is 5.80. The van der Waals surface area contributed by atoms with Crippen molar-refractivity contribution < 1.29 is 14.3 Å². The van der Waals surface area contributed by atoms with Crippen LogP contribution < -0.4 is 0 Å². The number of amides is 1. The van der Waals surface area contributed by atoms with Crippen LogP contribution in [0.2, 0.25) is 0 Å². The van der Waals surface area contributed by atoms with Gasteiger partial charge in [-0.25, -0.2) is 4.39 Å². The minimum absolute atomic E-state index is 0.182. The molecule has 5 nitrogen and oxygen atoms in total. The zero-order valence-electron chi connectivity index (χ0n) is 13.9. The van der Waals surface area contributed by atoms with Crippen molar-refractivity contribution in [3.05, 3.63) is 35.6 Å². The van der Waals surface area contributed by atoms with Gasteiger partial charge in [-0.1, -0.05) is 12.1 Å². The maximum absolute atomic E-state index is 12.9. The molecule has 1 fully saturated rings. The molecule has 1 saturated heterocycles. The number of halogens is 1. The number of hydrogen-bond acceptors (Lipinski definition) is 4. The van der Waals surface area contributed by atoms with E-state index in [9.17, 15) is 14.3 Å². The van der Waals surface area contributed by atoms with E-state index in [0.717, 1.165) is 38.3 Å². The van der Waals surface area contributed by atoms with Crippen molar-refractivity contribution in [1.29, 1.82) is 0 Å². The van der Waals surface area contributed by atoms with Gasteiger partial charge in [0.1, 0.15) is 11.9 Å². The number of carbonyl (C=O) groups excluding carboxylic acids is 1. The number of piperazine rings is 1. The average molecular weight is 323 g/mol. The standard InChI is InChI=1S/C17H26FN3O2/c1-14(22)17(23)21-11-9-20(10-12-21)8-7-19(2)13-15-3-5-16(18)6-4-15/h3-6,14,22H,7-13H2,1-2H3/t14-/m0/s1. The van der Waals surface area contributed by atoms with E-state index in [0.29, 0.717) is 13.1 Å². The highest BCUT2D eigenvalue weighted by atomic mass is 19.1. The van der Waals surface area contributed by atoms with Gasteiger partial charge in [-0.15, -0.1) is 0 Å². The van der Waals surface area contributed by atoms with E-state index < -0.39 is 6.10 Å². The molecule has 0 bridgehead atoms. The Balaban J connectivity index is 1.68. The topological polar surface area (TPSA) is 47.0 Å². The lowest BCUT2D eigenvalue weighted by atomic mass is 10.2. The highest BCUT2D eigenvalue weighted by Crippen LogP contribution is 2.07. The fourth-order valence-electron chi connectivity index (χ4n) is 2.75. The van der Waals surface area contributed by atoms with Gasteiger partial charge in [-0.3, -0.25) is 9.69 Å². The average Bonchev–Trinajstić information content (AvgIpc) is 2.55. The zero-order chi connectivity index (χ0) is 16.8. The molecule has 6 heteroatoms. The Morgan fingerprint density at radius 2 is 1.87 bits per heavy atom. The summed E-state index contributed by atoms with van der Waals surface area (Å²) in [5.41, 5.74) is 1.10. The van der Waals surface area contributed by atoms with Gasteiger partial charge in [-0.2, -0.15) is 0 Å². The summed E-state index contributed by atoms with van der Waals surface area (Å²) in [5.74, 6) is -0.390. The summed E-state index contributed by atoms with van der Waals surface area (Å²) in [5, 5.41) is 9.34. The maximum Gasteiger partial charge on any atom is 0.251 e. The van der Waals surface area contributed by atoms with Crippen LogP contribution in [0.25, 0.3) is 0 Å². The highest BCUT2D eigenvalue weighted by Gasteiger charge is 2.23. The third-order valence-corrected chi connectivity index (χ3v) is 4.21. The second-order valence-electron chi connectivity index (χ2n) is 6.21. The van der Waals surface area contributed by atoms with Crippen molar-refractivity contribution in [2.45, 2.75) is 19.6 Å². The molecule has 1 aliphatic rings. The van der Waals surface area contributed by atoms with Crippen LogP contribution in [0.15, 0.2) is 24.3 Å². The molecule has 1 aliphatic heterocycles. The van der Waals surface area contributed by atoms with E-state index in [2.05, 4.69) is 16.8 Å². The van der Waals surface area contributed by atoms with Crippen molar-refractivity contribution in [1.82, 2.24) is 14.7 Å². The maximum atomic E-state index is 12.9. The Morgan fingerprint density at radius 3 is 2.43 bits per heavy atom. The molecule has 1 aromatic carbocycles. The minimum Gasteiger partial charge on any atom is -0.384 e. The van der Waals surface area contributed by atoms with Gasteiger partial charge in [0.25, 0.3) is 5.91 Å². The second kappa shape index (κ2) is 8.38. The van der Waals surface area contributed by atoms with E-state index in [-0.39, 0.29) is 11.7 Å². The number of likely N-dealkylation sites (N-methyl/N-ethyl adjacent to an activating group) is 1. The molecule has 0 unspecified atom stereocenters. The molecular weight excluding hydrogens is 297 g/mol. The van der Waals surface area contributed by atoms with Gasteiger partial charge in [0.05, 0.1) is 0 Å². The molecule has 128 valence electrons. The molecule has 23 heavy (non-hydrogen) atoms. The number of rotatable bonds is 6. The predicted octanol–water partition coefficient (Wildman–Crippen LogP) is 0.782. The zero-order valence-corrected chi connectivity index (χ0v) is 13.9. The summed E-state index contributed by atoms with van der Waals surface area (Å²) < 4.78 is 12.9. The normalized spacial score (nSPS) is 17.5. The van der Waals surface area contributed by atoms with Crippen LogP contribution in [0.5, 0.6) is 0 Å². The third kappa shape index (κ3) is 5.57. The molecule has 0 radical (unpaired) electrons. The first-order valence-corrected chi connectivity index (χ1v) is 8.08. The van der Waals surface area contributed by atoms with Gasteiger partial charge < -0.3 is 14.9 Å². The Kier molecular flexibility index (Phi) is 6.50. The van der Waals surface area contributed by atoms with Crippen LogP contribution in [0.4, 0.5) is 4.39 Å². The largest absolute Gasteiger partial charge is 0.384 e. The van der Waals surface area contributed by atoms with Gasteiger partial charge in [0, 0.05) is 45.8 Å². The molecule has 1 aromatic rings. The number of aliphatic hydroxyl groups is 1. The first kappa shape index (κ1) is 17.8. The monoisotopic (exact) mass is 323 g/mol. The molecule has 0 aliphatic carbocycles. The summed E-state index contributed by atoms with van der Waals surface area (Å²) in [6.45, 7) is 7.18. The van der Waals surface area contributed by atoms with E-state index in [4.69, 9.17) is 0 Å². The summed E-state index contributed by atoms with van der Waals surface area (Å²) in [6.07, 6.45) is -0.914. The van der Waals surface area contributed by atoms with Crippen LogP contribution >= 0.6 is 0 Å². The Bertz CT molecular complexity index is 499. The van der Waals surface area contributed by atoms with Crippen LogP contribution in [-0.4, -0.2) is 78.1 Å². The lowest BCUT2D eigenvalue weighted by molar-refractivity contribution is -0.141. The Labute approximate surface area is 137 Å². The molecule has 0 saturated carbocycles. The van der Waals surface area contributed by atoms with E-state index in [1.165, 1.54) is 19.1 Å². The number of carbonyl (C=O) groups is 1. The van der Waals surface area contributed by atoms with Gasteiger partial charge in [0.2, 0.25) is 0 Å². The van der Waals surface area contributed by atoms with Gasteiger partial charge in [0.15, 0.2) is 0 Å². The van der Waals surface area contributed by atoms with Crippen LogP contribution in [0.3, 0.4) is 0 Å². The van der Waals surface area contributed by atoms with Gasteiger partial charge >= 0.3 is 0 Å². The molecule has 1 N–H and O–H groups in total. The number of nitrogens with zero attached hydrogens (tertiary/aromatic N) is 3. The van der Waals surface area contributed by atoms with E-state index in [1.54, 1.807) is 4.90 Å². The smallest absolute Gasteiger partial charge is 0.251 e. The van der Waals surface area contributed by atoms with Crippen molar-refractivity contribution in [3.8, 4) is 0 Å². The van der Waals surface area contributed by atoms with Crippen molar-refractivity contribution in [2.24, 2.45) is 0 Å². The molecule has 1 heterocycles. The third-order valence-electron chi connectivity index (χ3n) is 4.21. The molecule has 0 spiro atoms. The number of hydrogen-bond donors (Lipinski definition) is 1. The van der Waals surface area contributed by atoms with Crippen LogP contribution in [0.1, 0.15) is 12.5 Å². The fourth-order valence-corrected chi connectivity index (χ4v) is 2.75. The quantitative estimate of drug-likeness (QED) is 0.841. The molecule has 2 rings (SSSR count). The molecule has 0 aromatic heterocycles. The summed E-state index contributed by atoms with van der Waals surface area (Å²) in [7, 11) is 2.05. The van der Waals surface area contributed by atoms with E-state index in [1.807, 2.05) is 12.1 Å². The van der Waals surface area contributed by atoms with Crippen LogP contribution in [-0.2, 0) is 11.3 Å².